The highest BCUT2D eigenvalue weighted by atomic mass is 16.3. The minimum atomic E-state index is -0.645. The average molecular weight is 355 g/mol. The molecule has 3 rings (SSSR count). The van der Waals surface area contributed by atoms with Crippen molar-refractivity contribution in [1.29, 1.82) is 5.26 Å². The zero-order chi connectivity index (χ0) is 18.5. The normalized spacial score (nSPS) is 26.1. The Kier molecular flexibility index (Phi) is 5.89. The van der Waals surface area contributed by atoms with Crippen LogP contribution in [0.1, 0.15) is 60.9 Å². The van der Waals surface area contributed by atoms with Gasteiger partial charge in [0.05, 0.1) is 23.8 Å². The molecule has 3 atom stereocenters. The molecule has 26 heavy (non-hydrogen) atoms. The summed E-state index contributed by atoms with van der Waals surface area (Å²) in [6.07, 6.45) is 5.36. The Morgan fingerprint density at radius 1 is 1.04 bits per heavy atom. The molecule has 2 amide bonds. The minimum Gasteiger partial charge on any atom is -0.391 e. The van der Waals surface area contributed by atoms with Gasteiger partial charge in [-0.2, -0.15) is 5.26 Å². The van der Waals surface area contributed by atoms with E-state index in [9.17, 15) is 14.7 Å². The molecule has 6 nitrogen and oxygen atoms in total. The van der Waals surface area contributed by atoms with Crippen LogP contribution in [-0.2, 0) is 4.79 Å². The molecule has 1 aromatic carbocycles. The third kappa shape index (κ3) is 4.41. The lowest BCUT2D eigenvalue weighted by atomic mass is 9.83. The van der Waals surface area contributed by atoms with Gasteiger partial charge < -0.3 is 15.7 Å². The molecule has 0 unspecified atom stereocenters. The molecule has 6 heteroatoms. The van der Waals surface area contributed by atoms with Crippen molar-refractivity contribution in [1.82, 2.24) is 10.6 Å². The van der Waals surface area contributed by atoms with Gasteiger partial charge in [0.2, 0.25) is 5.91 Å². The van der Waals surface area contributed by atoms with Crippen LogP contribution in [0.15, 0.2) is 24.3 Å². The molecule has 1 aromatic rings. The summed E-state index contributed by atoms with van der Waals surface area (Å²) < 4.78 is 0. The smallest absolute Gasteiger partial charge is 0.251 e. The highest BCUT2D eigenvalue weighted by Gasteiger charge is 2.34. The van der Waals surface area contributed by atoms with Crippen molar-refractivity contribution in [2.24, 2.45) is 5.92 Å². The zero-order valence-corrected chi connectivity index (χ0v) is 14.8. The Hall–Kier alpha value is -2.39. The molecule has 3 N–H and O–H groups in total. The predicted octanol–water partition coefficient (Wildman–Crippen LogP) is 1.88. The van der Waals surface area contributed by atoms with Gasteiger partial charge in [0, 0.05) is 17.5 Å². The summed E-state index contributed by atoms with van der Waals surface area (Å²) in [4.78, 5) is 24.9. The largest absolute Gasteiger partial charge is 0.391 e. The number of rotatable bonds is 4. The second-order valence-electron chi connectivity index (χ2n) is 7.34. The van der Waals surface area contributed by atoms with Crippen LogP contribution in [0.2, 0.25) is 0 Å². The molecule has 0 heterocycles. The van der Waals surface area contributed by atoms with Crippen LogP contribution >= 0.6 is 0 Å². The monoisotopic (exact) mass is 355 g/mol. The van der Waals surface area contributed by atoms with Crippen molar-refractivity contribution in [3.05, 3.63) is 35.4 Å². The Labute approximate surface area is 153 Å². The maximum atomic E-state index is 12.5. The van der Waals surface area contributed by atoms with Crippen molar-refractivity contribution in [3.63, 3.8) is 0 Å². The number of aliphatic hydroxyl groups excluding tert-OH is 1. The van der Waals surface area contributed by atoms with E-state index in [-0.39, 0.29) is 23.8 Å². The number of hydrogen-bond acceptors (Lipinski definition) is 4. The molecule has 0 saturated heterocycles. The first-order valence-corrected chi connectivity index (χ1v) is 9.36. The number of aliphatic hydroxyl groups is 1. The fourth-order valence-electron chi connectivity index (χ4n) is 3.88. The summed E-state index contributed by atoms with van der Waals surface area (Å²) in [5.74, 6) is -0.429. The maximum Gasteiger partial charge on any atom is 0.251 e. The van der Waals surface area contributed by atoms with Crippen LogP contribution in [0, 0.1) is 17.2 Å². The third-order valence-corrected chi connectivity index (χ3v) is 5.48. The van der Waals surface area contributed by atoms with E-state index < -0.39 is 12.1 Å². The molecule has 0 radical (unpaired) electrons. The first kappa shape index (κ1) is 18.4. The van der Waals surface area contributed by atoms with E-state index in [1.807, 2.05) is 6.07 Å². The van der Waals surface area contributed by atoms with Gasteiger partial charge in [-0.25, -0.2) is 0 Å². The highest BCUT2D eigenvalue weighted by molar-refractivity contribution is 5.94. The lowest BCUT2D eigenvalue weighted by Gasteiger charge is -2.33. The lowest BCUT2D eigenvalue weighted by molar-refractivity contribution is -0.127. The van der Waals surface area contributed by atoms with Crippen LogP contribution in [-0.4, -0.2) is 35.1 Å². The number of carbonyl (C=O) groups is 2. The second-order valence-corrected chi connectivity index (χ2v) is 7.34. The number of nitrogens with one attached hydrogen (secondary N) is 2. The number of amides is 2. The lowest BCUT2D eigenvalue weighted by Crippen LogP contribution is -2.50. The van der Waals surface area contributed by atoms with E-state index in [4.69, 9.17) is 5.26 Å². The summed E-state index contributed by atoms with van der Waals surface area (Å²) >= 11 is 0. The van der Waals surface area contributed by atoms with Crippen LogP contribution < -0.4 is 10.6 Å². The summed E-state index contributed by atoms with van der Waals surface area (Å²) in [5.41, 5.74) is 0.927. The molecule has 0 spiro atoms. The van der Waals surface area contributed by atoms with Crippen molar-refractivity contribution < 1.29 is 14.7 Å². The fraction of sp³-hybridized carbons (Fsp3) is 0.550. The third-order valence-electron chi connectivity index (χ3n) is 5.48. The van der Waals surface area contributed by atoms with E-state index in [1.54, 1.807) is 24.3 Å². The molecule has 2 fully saturated rings. The maximum absolute atomic E-state index is 12.5. The van der Waals surface area contributed by atoms with Crippen LogP contribution in [0.25, 0.3) is 0 Å². The molecule has 0 aliphatic heterocycles. The predicted molar refractivity (Wildman–Crippen MR) is 96.2 cm³/mol. The topological polar surface area (TPSA) is 102 Å². The molecule has 2 aliphatic rings. The molecule has 0 bridgehead atoms. The molecular formula is C20H25N3O3. The Bertz CT molecular complexity index is 689. The first-order chi connectivity index (χ1) is 12.6. The highest BCUT2D eigenvalue weighted by Crippen LogP contribution is 2.26. The van der Waals surface area contributed by atoms with Crippen LogP contribution in [0.5, 0.6) is 0 Å². The Morgan fingerprint density at radius 2 is 1.73 bits per heavy atom. The van der Waals surface area contributed by atoms with Gasteiger partial charge in [0.1, 0.15) is 0 Å². The first-order valence-electron chi connectivity index (χ1n) is 9.36. The van der Waals surface area contributed by atoms with Gasteiger partial charge in [-0.05, 0) is 56.4 Å². The van der Waals surface area contributed by atoms with Crippen LogP contribution in [0.4, 0.5) is 0 Å². The van der Waals surface area contributed by atoms with E-state index in [0.29, 0.717) is 30.4 Å². The summed E-state index contributed by atoms with van der Waals surface area (Å²) in [6.45, 7) is 0. The average Bonchev–Trinajstić information content (AvgIpc) is 3.16. The standard InChI is InChI=1S/C20H25N3O3/c21-12-13-5-7-14(8-6-13)19(25)23-17-11-15(9-10-18(17)24)20(26)22-16-3-1-2-4-16/h5-8,15-18,24H,1-4,9-11H2,(H,22,26)(H,23,25)/t15-,17+,18+/m0/s1. The summed E-state index contributed by atoms with van der Waals surface area (Å²) in [6, 6.07) is 8.21. The van der Waals surface area contributed by atoms with Gasteiger partial charge in [-0.3, -0.25) is 9.59 Å². The molecule has 138 valence electrons. The molecule has 2 aliphatic carbocycles. The van der Waals surface area contributed by atoms with Gasteiger partial charge >= 0.3 is 0 Å². The Balaban J connectivity index is 1.58. The van der Waals surface area contributed by atoms with E-state index in [2.05, 4.69) is 10.6 Å². The van der Waals surface area contributed by atoms with E-state index in [0.717, 1.165) is 25.7 Å². The number of nitrogens with zero attached hydrogens (tertiary/aromatic N) is 1. The Morgan fingerprint density at radius 3 is 2.38 bits per heavy atom. The summed E-state index contributed by atoms with van der Waals surface area (Å²) in [7, 11) is 0. The van der Waals surface area contributed by atoms with Gasteiger partial charge in [-0.15, -0.1) is 0 Å². The number of carbonyl (C=O) groups excluding carboxylic acids is 2. The van der Waals surface area contributed by atoms with Crippen molar-refractivity contribution in [2.75, 3.05) is 0 Å². The van der Waals surface area contributed by atoms with Crippen LogP contribution in [0.3, 0.4) is 0 Å². The van der Waals surface area contributed by atoms with Gasteiger partial charge in [0.15, 0.2) is 0 Å². The fourth-order valence-corrected chi connectivity index (χ4v) is 3.88. The second kappa shape index (κ2) is 8.33. The minimum absolute atomic E-state index is 0.0430. The summed E-state index contributed by atoms with van der Waals surface area (Å²) in [5, 5.41) is 25.0. The molecular weight excluding hydrogens is 330 g/mol. The zero-order valence-electron chi connectivity index (χ0n) is 14.8. The van der Waals surface area contributed by atoms with Crippen molar-refractivity contribution in [3.8, 4) is 6.07 Å². The quantitative estimate of drug-likeness (QED) is 0.767. The molecule has 2 saturated carbocycles. The van der Waals surface area contributed by atoms with Crippen molar-refractivity contribution >= 4 is 11.8 Å². The number of benzene rings is 1. The van der Waals surface area contributed by atoms with Gasteiger partial charge in [0.25, 0.3) is 5.91 Å². The molecule has 0 aromatic heterocycles. The van der Waals surface area contributed by atoms with E-state index in [1.165, 1.54) is 0 Å². The number of hydrogen-bond donors (Lipinski definition) is 3. The van der Waals surface area contributed by atoms with Gasteiger partial charge in [-0.1, -0.05) is 12.8 Å². The number of nitriles is 1. The van der Waals surface area contributed by atoms with Crippen molar-refractivity contribution in [2.45, 2.75) is 63.1 Å². The SMILES string of the molecule is N#Cc1ccc(C(=O)N[C@@H]2C[C@@H](C(=O)NC3CCCC3)CC[C@H]2O)cc1. The van der Waals surface area contributed by atoms with E-state index >= 15 is 0 Å².